The molecule has 116 valence electrons. The Morgan fingerprint density at radius 2 is 2.09 bits per heavy atom. The highest BCUT2D eigenvalue weighted by Gasteiger charge is 2.19. The molecule has 0 bridgehead atoms. The second-order valence-electron chi connectivity index (χ2n) is 4.54. The van der Waals surface area contributed by atoms with Crippen molar-refractivity contribution >= 4 is 23.2 Å². The molecule has 1 heterocycles. The molecule has 2 aromatic rings. The van der Waals surface area contributed by atoms with Crippen molar-refractivity contribution in [3.63, 3.8) is 0 Å². The van der Waals surface area contributed by atoms with Gasteiger partial charge in [-0.1, -0.05) is 12.1 Å². The second kappa shape index (κ2) is 7.13. The van der Waals surface area contributed by atoms with E-state index in [-0.39, 0.29) is 18.9 Å². The van der Waals surface area contributed by atoms with Crippen molar-refractivity contribution in [2.75, 3.05) is 13.1 Å². The van der Waals surface area contributed by atoms with Gasteiger partial charge in [0.2, 0.25) is 0 Å². The average Bonchev–Trinajstić information content (AvgIpc) is 2.97. The van der Waals surface area contributed by atoms with E-state index in [1.54, 1.807) is 25.1 Å². The van der Waals surface area contributed by atoms with Crippen LogP contribution in [-0.2, 0) is 4.79 Å². The molecule has 1 aromatic heterocycles. The van der Waals surface area contributed by atoms with Crippen molar-refractivity contribution in [2.45, 2.75) is 13.3 Å². The van der Waals surface area contributed by atoms with Crippen LogP contribution in [0.1, 0.15) is 23.0 Å². The molecule has 0 atom stereocenters. The number of carbonyl (C=O) groups excluding carboxylic acids is 1. The Bertz CT molecular complexity index is 687. The number of carbonyl (C=O) groups is 2. The lowest BCUT2D eigenvalue weighted by Crippen LogP contribution is -2.32. The number of hydrogen-bond donors (Lipinski definition) is 1. The molecule has 0 saturated heterocycles. The van der Waals surface area contributed by atoms with Crippen LogP contribution < -0.4 is 0 Å². The van der Waals surface area contributed by atoms with Gasteiger partial charge in [-0.05, 0) is 19.1 Å². The molecule has 22 heavy (non-hydrogen) atoms. The van der Waals surface area contributed by atoms with Crippen LogP contribution >= 0.6 is 11.3 Å². The van der Waals surface area contributed by atoms with E-state index in [1.165, 1.54) is 17.2 Å². The minimum absolute atomic E-state index is 0.113. The molecule has 1 amide bonds. The molecule has 0 aliphatic heterocycles. The van der Waals surface area contributed by atoms with Crippen LogP contribution in [-0.4, -0.2) is 40.0 Å². The summed E-state index contributed by atoms with van der Waals surface area (Å²) in [6.07, 6.45) is 1.29. The minimum atomic E-state index is -0.956. The summed E-state index contributed by atoms with van der Waals surface area (Å²) < 4.78 is 13.7. The topological polar surface area (TPSA) is 70.5 Å². The molecule has 0 saturated carbocycles. The van der Waals surface area contributed by atoms with Crippen LogP contribution in [0.2, 0.25) is 0 Å². The van der Waals surface area contributed by atoms with E-state index >= 15 is 0 Å². The number of thiazole rings is 1. The molecule has 0 fully saturated rings. The van der Waals surface area contributed by atoms with Crippen molar-refractivity contribution in [1.82, 2.24) is 9.88 Å². The van der Waals surface area contributed by atoms with E-state index < -0.39 is 11.8 Å². The first-order valence-corrected chi connectivity index (χ1v) is 7.56. The molecular formula is C15H15FN2O3S. The first-order valence-electron chi connectivity index (χ1n) is 6.74. The summed E-state index contributed by atoms with van der Waals surface area (Å²) in [6.45, 7) is 2.31. The number of aliphatic carboxylic acids is 1. The lowest BCUT2D eigenvalue weighted by molar-refractivity contribution is -0.137. The molecule has 0 aliphatic rings. The number of hydrogen-bond acceptors (Lipinski definition) is 4. The van der Waals surface area contributed by atoms with Gasteiger partial charge in [0.25, 0.3) is 5.91 Å². The molecule has 5 nitrogen and oxygen atoms in total. The summed E-state index contributed by atoms with van der Waals surface area (Å²) in [4.78, 5) is 28.8. The van der Waals surface area contributed by atoms with Crippen molar-refractivity contribution in [3.05, 3.63) is 41.2 Å². The molecule has 1 aromatic carbocycles. The van der Waals surface area contributed by atoms with Gasteiger partial charge in [0, 0.05) is 18.7 Å². The fraction of sp³-hybridized carbons (Fsp3) is 0.267. The van der Waals surface area contributed by atoms with E-state index in [0.29, 0.717) is 22.0 Å². The van der Waals surface area contributed by atoms with Crippen molar-refractivity contribution < 1.29 is 19.1 Å². The van der Waals surface area contributed by atoms with E-state index in [1.807, 2.05) is 0 Å². The predicted molar refractivity (Wildman–Crippen MR) is 81.3 cm³/mol. The monoisotopic (exact) mass is 322 g/mol. The SMILES string of the molecule is CCN(CCC(=O)O)C(=O)c1cnc(-c2ccccc2F)s1. The van der Waals surface area contributed by atoms with Crippen LogP contribution in [0.25, 0.3) is 10.6 Å². The third-order valence-corrected chi connectivity index (χ3v) is 4.10. The predicted octanol–water partition coefficient (Wildman–Crippen LogP) is 2.89. The maximum Gasteiger partial charge on any atom is 0.305 e. The Morgan fingerprint density at radius 3 is 2.73 bits per heavy atom. The van der Waals surface area contributed by atoms with E-state index in [4.69, 9.17) is 5.11 Å². The summed E-state index contributed by atoms with van der Waals surface area (Å²) in [5, 5.41) is 9.13. The largest absolute Gasteiger partial charge is 0.481 e. The van der Waals surface area contributed by atoms with Gasteiger partial charge < -0.3 is 10.0 Å². The van der Waals surface area contributed by atoms with Gasteiger partial charge in [-0.3, -0.25) is 9.59 Å². The number of amides is 1. The Labute approximate surface area is 131 Å². The molecule has 0 radical (unpaired) electrons. The summed E-state index contributed by atoms with van der Waals surface area (Å²) in [7, 11) is 0. The van der Waals surface area contributed by atoms with Crippen molar-refractivity contribution in [1.29, 1.82) is 0 Å². The summed E-state index contributed by atoms with van der Waals surface area (Å²) in [6, 6.07) is 6.23. The van der Waals surface area contributed by atoms with Gasteiger partial charge in [0.1, 0.15) is 15.7 Å². The van der Waals surface area contributed by atoms with E-state index in [2.05, 4.69) is 4.98 Å². The number of halogens is 1. The van der Waals surface area contributed by atoms with Gasteiger partial charge in [0.15, 0.2) is 0 Å². The van der Waals surface area contributed by atoms with Crippen molar-refractivity contribution in [2.24, 2.45) is 0 Å². The van der Waals surface area contributed by atoms with Gasteiger partial charge in [-0.15, -0.1) is 11.3 Å². The van der Waals surface area contributed by atoms with Crippen LogP contribution in [0.15, 0.2) is 30.5 Å². The Morgan fingerprint density at radius 1 is 1.36 bits per heavy atom. The van der Waals surface area contributed by atoms with Gasteiger partial charge >= 0.3 is 5.97 Å². The quantitative estimate of drug-likeness (QED) is 0.888. The minimum Gasteiger partial charge on any atom is -0.481 e. The summed E-state index contributed by atoms with van der Waals surface area (Å²) in [5.41, 5.74) is 0.347. The van der Waals surface area contributed by atoms with Gasteiger partial charge in [-0.25, -0.2) is 9.37 Å². The zero-order valence-electron chi connectivity index (χ0n) is 12.0. The molecule has 7 heteroatoms. The normalized spacial score (nSPS) is 10.5. The highest BCUT2D eigenvalue weighted by Crippen LogP contribution is 2.27. The highest BCUT2D eigenvalue weighted by molar-refractivity contribution is 7.16. The maximum absolute atomic E-state index is 13.7. The van der Waals surface area contributed by atoms with Crippen LogP contribution in [0.5, 0.6) is 0 Å². The molecular weight excluding hydrogens is 307 g/mol. The van der Waals surface area contributed by atoms with Gasteiger partial charge in [-0.2, -0.15) is 0 Å². The van der Waals surface area contributed by atoms with Crippen LogP contribution in [0.4, 0.5) is 4.39 Å². The van der Waals surface area contributed by atoms with Crippen molar-refractivity contribution in [3.8, 4) is 10.6 Å². The Balaban J connectivity index is 2.18. The summed E-state index contributed by atoms with van der Waals surface area (Å²) >= 11 is 1.10. The van der Waals surface area contributed by atoms with Gasteiger partial charge in [0.05, 0.1) is 12.6 Å². The highest BCUT2D eigenvalue weighted by atomic mass is 32.1. The number of benzene rings is 1. The lowest BCUT2D eigenvalue weighted by atomic mass is 10.2. The maximum atomic E-state index is 13.7. The second-order valence-corrected chi connectivity index (χ2v) is 5.57. The first-order chi connectivity index (χ1) is 10.5. The number of carboxylic acid groups (broad SMARTS) is 1. The van der Waals surface area contributed by atoms with E-state index in [0.717, 1.165) is 11.3 Å². The van der Waals surface area contributed by atoms with Crippen LogP contribution in [0, 0.1) is 5.82 Å². The number of rotatable bonds is 6. The summed E-state index contributed by atoms with van der Waals surface area (Å²) in [5.74, 6) is -1.64. The van der Waals surface area contributed by atoms with Crippen LogP contribution in [0.3, 0.4) is 0 Å². The number of nitrogens with zero attached hydrogens (tertiary/aromatic N) is 2. The Kier molecular flexibility index (Phi) is 5.21. The molecule has 0 spiro atoms. The smallest absolute Gasteiger partial charge is 0.305 e. The standard InChI is InChI=1S/C15H15FN2O3S/c1-2-18(8-7-13(19)20)15(21)12-9-17-14(22-12)10-5-3-4-6-11(10)16/h3-6,9H,2,7-8H2,1H3,(H,19,20). The fourth-order valence-corrected chi connectivity index (χ4v) is 2.83. The zero-order valence-corrected chi connectivity index (χ0v) is 12.8. The van der Waals surface area contributed by atoms with E-state index in [9.17, 15) is 14.0 Å². The third-order valence-electron chi connectivity index (χ3n) is 3.09. The lowest BCUT2D eigenvalue weighted by Gasteiger charge is -2.18. The molecule has 0 aliphatic carbocycles. The molecule has 0 unspecified atom stereocenters. The third kappa shape index (κ3) is 3.67. The fourth-order valence-electron chi connectivity index (χ4n) is 1.92. The molecule has 2 rings (SSSR count). The molecule has 1 N–H and O–H groups in total. The Hall–Kier alpha value is -2.28. The number of carboxylic acids is 1. The zero-order chi connectivity index (χ0) is 16.1. The number of aromatic nitrogens is 1. The average molecular weight is 322 g/mol. The first kappa shape index (κ1) is 16.1.